The van der Waals surface area contributed by atoms with Crippen molar-refractivity contribution in [3.05, 3.63) is 47.9 Å². The van der Waals surface area contributed by atoms with Crippen LogP contribution < -0.4 is 5.32 Å². The lowest BCUT2D eigenvalue weighted by molar-refractivity contribution is 0.346. The number of unbranched alkanes of at least 4 members (excludes halogenated alkanes) is 1. The molecule has 0 bridgehead atoms. The van der Waals surface area contributed by atoms with Crippen molar-refractivity contribution in [2.75, 3.05) is 19.6 Å². The molecule has 0 radical (unpaired) electrons. The number of allylic oxidation sites excluding steroid dienone is 3. The summed E-state index contributed by atoms with van der Waals surface area (Å²) in [4.78, 5) is 2.49. The molecule has 0 aliphatic carbocycles. The molecule has 0 spiro atoms. The van der Waals surface area contributed by atoms with Crippen molar-refractivity contribution in [3.63, 3.8) is 0 Å². The fourth-order valence-electron chi connectivity index (χ4n) is 2.72. The third-order valence-corrected chi connectivity index (χ3v) is 4.23. The highest BCUT2D eigenvalue weighted by Gasteiger charge is 2.29. The van der Waals surface area contributed by atoms with Gasteiger partial charge in [-0.05, 0) is 43.8 Å². The molecule has 0 atom stereocenters. The Hall–Kier alpha value is -1.44. The van der Waals surface area contributed by atoms with E-state index in [1.165, 1.54) is 24.1 Å². The van der Waals surface area contributed by atoms with Crippen LogP contribution in [0.2, 0.25) is 0 Å². The van der Waals surface area contributed by atoms with Gasteiger partial charge in [-0.25, -0.2) is 0 Å². The fraction of sp³-hybridized carbons (Fsp3) is 0.600. The zero-order valence-electron chi connectivity index (χ0n) is 15.3. The predicted octanol–water partition coefficient (Wildman–Crippen LogP) is 5.03. The lowest BCUT2D eigenvalue weighted by Gasteiger charge is -2.24. The van der Waals surface area contributed by atoms with Crippen molar-refractivity contribution >= 4 is 0 Å². The maximum atomic E-state index is 4.13. The first kappa shape index (κ1) is 18.6. The average Bonchev–Trinajstić information content (AvgIpc) is 2.78. The molecular formula is C20H34N2. The normalized spacial score (nSPS) is 16.9. The summed E-state index contributed by atoms with van der Waals surface area (Å²) in [6, 6.07) is 0. The van der Waals surface area contributed by atoms with Crippen LogP contribution in [0.4, 0.5) is 0 Å². The van der Waals surface area contributed by atoms with Gasteiger partial charge in [-0.2, -0.15) is 0 Å². The monoisotopic (exact) mass is 302 g/mol. The van der Waals surface area contributed by atoms with Crippen LogP contribution in [0.25, 0.3) is 0 Å². The van der Waals surface area contributed by atoms with Crippen LogP contribution in [0.3, 0.4) is 0 Å². The Morgan fingerprint density at radius 2 is 1.91 bits per heavy atom. The second kappa shape index (κ2) is 8.26. The topological polar surface area (TPSA) is 15.3 Å². The number of rotatable bonds is 8. The summed E-state index contributed by atoms with van der Waals surface area (Å²) in [5.74, 6) is 0. The first-order valence-corrected chi connectivity index (χ1v) is 8.49. The summed E-state index contributed by atoms with van der Waals surface area (Å²) in [6.07, 6.45) is 7.90. The first-order chi connectivity index (χ1) is 10.3. The highest BCUT2D eigenvalue weighted by atomic mass is 15.2. The van der Waals surface area contributed by atoms with Gasteiger partial charge in [0.15, 0.2) is 0 Å². The Balaban J connectivity index is 2.66. The van der Waals surface area contributed by atoms with Gasteiger partial charge >= 0.3 is 0 Å². The van der Waals surface area contributed by atoms with Crippen LogP contribution in [0.1, 0.15) is 53.9 Å². The summed E-state index contributed by atoms with van der Waals surface area (Å²) in [5, 5.41) is 3.34. The molecule has 2 heteroatoms. The van der Waals surface area contributed by atoms with E-state index in [2.05, 4.69) is 70.1 Å². The Labute approximate surface area is 137 Å². The van der Waals surface area contributed by atoms with Crippen LogP contribution in [-0.4, -0.2) is 24.5 Å². The average molecular weight is 303 g/mol. The maximum Gasteiger partial charge on any atom is 0.0352 e. The van der Waals surface area contributed by atoms with Gasteiger partial charge in [-0.3, -0.25) is 0 Å². The van der Waals surface area contributed by atoms with E-state index in [9.17, 15) is 0 Å². The van der Waals surface area contributed by atoms with Gasteiger partial charge in [0.25, 0.3) is 0 Å². The Bertz CT molecular complexity index is 462. The zero-order valence-corrected chi connectivity index (χ0v) is 15.3. The van der Waals surface area contributed by atoms with Gasteiger partial charge in [0.2, 0.25) is 0 Å². The minimum Gasteiger partial charge on any atom is -0.385 e. The fourth-order valence-corrected chi connectivity index (χ4v) is 2.72. The molecule has 0 aromatic heterocycles. The van der Waals surface area contributed by atoms with Crippen molar-refractivity contribution in [2.45, 2.75) is 53.9 Å². The lowest BCUT2D eigenvalue weighted by atomic mass is 9.93. The number of likely N-dealkylation sites (tertiary alicyclic amines) is 1. The second-order valence-electron chi connectivity index (χ2n) is 7.34. The molecule has 0 unspecified atom stereocenters. The summed E-state index contributed by atoms with van der Waals surface area (Å²) in [6.45, 7) is 22.7. The number of hydrogen-bond donors (Lipinski definition) is 1. The van der Waals surface area contributed by atoms with Gasteiger partial charge in [0.1, 0.15) is 0 Å². The molecule has 1 aliphatic rings. The van der Waals surface area contributed by atoms with E-state index in [1.807, 2.05) is 0 Å². The van der Waals surface area contributed by atoms with Crippen LogP contribution in [0.5, 0.6) is 0 Å². The van der Waals surface area contributed by atoms with E-state index >= 15 is 0 Å². The predicted molar refractivity (Wildman–Crippen MR) is 98.7 cm³/mol. The van der Waals surface area contributed by atoms with Gasteiger partial charge in [-0.1, -0.05) is 52.0 Å². The van der Waals surface area contributed by atoms with Crippen LogP contribution in [0.15, 0.2) is 47.9 Å². The van der Waals surface area contributed by atoms with Crippen molar-refractivity contribution < 1.29 is 0 Å². The number of nitrogens with zero attached hydrogens (tertiary/aromatic N) is 1. The molecule has 1 heterocycles. The van der Waals surface area contributed by atoms with Crippen molar-refractivity contribution in [1.29, 1.82) is 0 Å². The van der Waals surface area contributed by atoms with Gasteiger partial charge in [-0.15, -0.1) is 0 Å². The largest absolute Gasteiger partial charge is 0.385 e. The van der Waals surface area contributed by atoms with E-state index in [-0.39, 0.29) is 0 Å². The quantitative estimate of drug-likeness (QED) is 0.500. The van der Waals surface area contributed by atoms with E-state index in [4.69, 9.17) is 0 Å². The minimum atomic E-state index is 0.414. The molecule has 1 N–H and O–H groups in total. The van der Waals surface area contributed by atoms with Gasteiger partial charge in [0.05, 0.1) is 0 Å². The van der Waals surface area contributed by atoms with Crippen LogP contribution in [0, 0.1) is 5.41 Å². The van der Waals surface area contributed by atoms with Gasteiger partial charge in [0, 0.05) is 31.0 Å². The SMILES string of the molecule is C=C(/C=C\C(=C(C)C)N1CCC(C)(C)C1)C(=C)NCCCC. The summed E-state index contributed by atoms with van der Waals surface area (Å²) in [7, 11) is 0. The minimum absolute atomic E-state index is 0.414. The molecule has 2 nitrogen and oxygen atoms in total. The highest BCUT2D eigenvalue weighted by Crippen LogP contribution is 2.32. The van der Waals surface area contributed by atoms with Crippen LogP contribution >= 0.6 is 0 Å². The molecule has 22 heavy (non-hydrogen) atoms. The maximum absolute atomic E-state index is 4.13. The smallest absolute Gasteiger partial charge is 0.0352 e. The van der Waals surface area contributed by atoms with Gasteiger partial charge < -0.3 is 10.2 Å². The summed E-state index contributed by atoms with van der Waals surface area (Å²) >= 11 is 0. The lowest BCUT2D eigenvalue weighted by Crippen LogP contribution is -2.22. The van der Waals surface area contributed by atoms with E-state index in [1.54, 1.807) is 0 Å². The molecule has 1 fully saturated rings. The Kier molecular flexibility index (Phi) is 6.99. The van der Waals surface area contributed by atoms with E-state index in [0.29, 0.717) is 5.41 Å². The molecule has 0 aromatic carbocycles. The van der Waals surface area contributed by atoms with E-state index < -0.39 is 0 Å². The molecule has 0 saturated carbocycles. The third kappa shape index (κ3) is 5.75. The molecule has 124 valence electrons. The summed E-state index contributed by atoms with van der Waals surface area (Å²) < 4.78 is 0. The molecule has 1 aliphatic heterocycles. The zero-order chi connectivity index (χ0) is 16.8. The number of nitrogens with one attached hydrogen (secondary N) is 1. The molecule has 1 rings (SSSR count). The van der Waals surface area contributed by atoms with Crippen molar-refractivity contribution in [1.82, 2.24) is 10.2 Å². The highest BCUT2D eigenvalue weighted by molar-refractivity contribution is 5.38. The molecular weight excluding hydrogens is 268 g/mol. The van der Waals surface area contributed by atoms with Crippen molar-refractivity contribution in [2.24, 2.45) is 5.41 Å². The second-order valence-corrected chi connectivity index (χ2v) is 7.34. The third-order valence-electron chi connectivity index (χ3n) is 4.23. The van der Waals surface area contributed by atoms with Crippen molar-refractivity contribution in [3.8, 4) is 0 Å². The molecule has 1 saturated heterocycles. The first-order valence-electron chi connectivity index (χ1n) is 8.49. The number of hydrogen-bond acceptors (Lipinski definition) is 2. The Morgan fingerprint density at radius 3 is 2.41 bits per heavy atom. The summed E-state index contributed by atoms with van der Waals surface area (Å²) in [5.41, 5.74) is 4.99. The van der Waals surface area contributed by atoms with E-state index in [0.717, 1.165) is 37.3 Å². The Morgan fingerprint density at radius 1 is 1.23 bits per heavy atom. The molecule has 0 aromatic rings. The van der Waals surface area contributed by atoms with Crippen LogP contribution in [-0.2, 0) is 0 Å². The standard InChI is InChI=1S/C20H34N2/c1-8-9-13-21-18(5)17(4)10-11-19(16(2)3)22-14-12-20(6,7)15-22/h10-11,21H,4-5,8-9,12-15H2,1-3,6-7H3/b11-10-. The molecule has 0 amide bonds.